The maximum absolute atomic E-state index is 11.0. The summed E-state index contributed by atoms with van der Waals surface area (Å²) in [5.74, 6) is -0.185. The van der Waals surface area contributed by atoms with E-state index in [9.17, 15) is 4.79 Å². The number of aromatic nitrogens is 1. The van der Waals surface area contributed by atoms with Crippen LogP contribution in [0.1, 0.15) is 23.0 Å². The highest BCUT2D eigenvalue weighted by Gasteiger charge is 2.12. The second-order valence-electron chi connectivity index (χ2n) is 4.19. The Kier molecular flexibility index (Phi) is 3.80. The molecule has 19 heavy (non-hydrogen) atoms. The van der Waals surface area contributed by atoms with Gasteiger partial charge in [0.2, 0.25) is 0 Å². The van der Waals surface area contributed by atoms with Crippen LogP contribution in [0.15, 0.2) is 42.5 Å². The van der Waals surface area contributed by atoms with Crippen LogP contribution in [0.2, 0.25) is 0 Å². The monoisotopic (exact) mass is 256 g/mol. The summed E-state index contributed by atoms with van der Waals surface area (Å²) in [7, 11) is 0. The molecule has 1 N–H and O–H groups in total. The van der Waals surface area contributed by atoms with Crippen molar-refractivity contribution >= 4 is 17.5 Å². The molecule has 0 saturated carbocycles. The third-order valence-corrected chi connectivity index (χ3v) is 2.96. The van der Waals surface area contributed by atoms with E-state index in [0.29, 0.717) is 5.69 Å². The van der Waals surface area contributed by atoms with Gasteiger partial charge in [0, 0.05) is 12.2 Å². The average molecular weight is 256 g/mol. The van der Waals surface area contributed by atoms with Crippen LogP contribution in [0.25, 0.3) is 0 Å². The third-order valence-electron chi connectivity index (χ3n) is 2.96. The third kappa shape index (κ3) is 2.73. The van der Waals surface area contributed by atoms with Crippen molar-refractivity contribution in [1.82, 2.24) is 4.98 Å². The molecule has 1 aromatic heterocycles. The number of pyridine rings is 1. The maximum Gasteiger partial charge on any atom is 0.337 e. The van der Waals surface area contributed by atoms with Crippen LogP contribution in [0.4, 0.5) is 11.5 Å². The van der Waals surface area contributed by atoms with E-state index in [-0.39, 0.29) is 5.56 Å². The molecule has 4 heteroatoms. The molecule has 0 aliphatic carbocycles. The predicted molar refractivity (Wildman–Crippen MR) is 75.1 cm³/mol. The Hall–Kier alpha value is -2.36. The molecule has 0 fully saturated rings. The molecule has 2 rings (SSSR count). The maximum atomic E-state index is 11.0. The molecule has 2 aromatic rings. The Balaban J connectivity index is 2.40. The fourth-order valence-corrected chi connectivity index (χ4v) is 2.01. The van der Waals surface area contributed by atoms with Gasteiger partial charge in [-0.25, -0.2) is 9.78 Å². The standard InChI is InChI=1S/C15H16N2O2/c1-3-17(12-7-5-4-6-8-12)14-10-9-13(15(18)19)11(2)16-14/h4-10H,3H2,1-2H3,(H,18,19). The van der Waals surface area contributed by atoms with E-state index in [0.717, 1.165) is 18.1 Å². The van der Waals surface area contributed by atoms with Gasteiger partial charge in [-0.15, -0.1) is 0 Å². The molecule has 1 aromatic carbocycles. The topological polar surface area (TPSA) is 53.4 Å². The summed E-state index contributed by atoms with van der Waals surface area (Å²) in [6.45, 7) is 4.52. The van der Waals surface area contributed by atoms with E-state index in [1.165, 1.54) is 0 Å². The Morgan fingerprint density at radius 3 is 2.42 bits per heavy atom. The molecular weight excluding hydrogens is 240 g/mol. The second kappa shape index (κ2) is 5.52. The van der Waals surface area contributed by atoms with Gasteiger partial charge < -0.3 is 10.0 Å². The number of rotatable bonds is 4. The molecule has 0 aliphatic heterocycles. The first-order valence-corrected chi connectivity index (χ1v) is 6.17. The molecule has 0 spiro atoms. The van der Waals surface area contributed by atoms with Crippen molar-refractivity contribution < 1.29 is 9.90 Å². The van der Waals surface area contributed by atoms with E-state index in [1.54, 1.807) is 19.1 Å². The van der Waals surface area contributed by atoms with Crippen molar-refractivity contribution in [3.8, 4) is 0 Å². The summed E-state index contributed by atoms with van der Waals surface area (Å²) in [6.07, 6.45) is 0. The Labute approximate surface area is 112 Å². The zero-order valence-electron chi connectivity index (χ0n) is 11.0. The van der Waals surface area contributed by atoms with Gasteiger partial charge in [0.15, 0.2) is 0 Å². The summed E-state index contributed by atoms with van der Waals surface area (Å²) in [6, 6.07) is 13.3. The molecule has 98 valence electrons. The summed E-state index contributed by atoms with van der Waals surface area (Å²) >= 11 is 0. The number of anilines is 2. The first kappa shape index (κ1) is 13.1. The van der Waals surface area contributed by atoms with Crippen LogP contribution < -0.4 is 4.90 Å². The lowest BCUT2D eigenvalue weighted by Gasteiger charge is -2.22. The summed E-state index contributed by atoms with van der Waals surface area (Å²) in [5.41, 5.74) is 1.81. The summed E-state index contributed by atoms with van der Waals surface area (Å²) in [4.78, 5) is 17.4. The zero-order chi connectivity index (χ0) is 13.8. The molecular formula is C15H16N2O2. The Morgan fingerprint density at radius 2 is 1.89 bits per heavy atom. The van der Waals surface area contributed by atoms with E-state index in [2.05, 4.69) is 4.98 Å². The molecule has 0 bridgehead atoms. The van der Waals surface area contributed by atoms with Crippen molar-refractivity contribution in [2.75, 3.05) is 11.4 Å². The Bertz CT molecular complexity index is 582. The molecule has 0 radical (unpaired) electrons. The molecule has 0 atom stereocenters. The number of carboxylic acid groups (broad SMARTS) is 1. The number of hydrogen-bond donors (Lipinski definition) is 1. The van der Waals surface area contributed by atoms with E-state index in [4.69, 9.17) is 5.11 Å². The second-order valence-corrected chi connectivity index (χ2v) is 4.19. The van der Waals surface area contributed by atoms with Crippen LogP contribution >= 0.6 is 0 Å². The zero-order valence-corrected chi connectivity index (χ0v) is 11.0. The van der Waals surface area contributed by atoms with Gasteiger partial charge in [0.1, 0.15) is 5.82 Å². The largest absolute Gasteiger partial charge is 0.478 e. The van der Waals surface area contributed by atoms with Crippen LogP contribution in [0.5, 0.6) is 0 Å². The summed E-state index contributed by atoms with van der Waals surface area (Å²) < 4.78 is 0. The predicted octanol–water partition coefficient (Wildman–Crippen LogP) is 3.25. The van der Waals surface area contributed by atoms with Gasteiger partial charge in [-0.2, -0.15) is 0 Å². The smallest absolute Gasteiger partial charge is 0.337 e. The average Bonchev–Trinajstić information content (AvgIpc) is 2.40. The van der Waals surface area contributed by atoms with Crippen LogP contribution in [-0.4, -0.2) is 22.6 Å². The molecule has 1 heterocycles. The van der Waals surface area contributed by atoms with Gasteiger partial charge >= 0.3 is 5.97 Å². The fraction of sp³-hybridized carbons (Fsp3) is 0.200. The molecule has 0 amide bonds. The SMILES string of the molecule is CCN(c1ccccc1)c1ccc(C(=O)O)c(C)n1. The van der Waals surface area contributed by atoms with E-state index >= 15 is 0 Å². The van der Waals surface area contributed by atoms with E-state index < -0.39 is 5.97 Å². The Morgan fingerprint density at radius 1 is 1.21 bits per heavy atom. The highest BCUT2D eigenvalue weighted by atomic mass is 16.4. The van der Waals surface area contributed by atoms with Crippen molar-refractivity contribution in [2.24, 2.45) is 0 Å². The number of aryl methyl sites for hydroxylation is 1. The minimum absolute atomic E-state index is 0.243. The number of nitrogens with zero attached hydrogens (tertiary/aromatic N) is 2. The number of benzene rings is 1. The highest BCUT2D eigenvalue weighted by Crippen LogP contribution is 2.23. The minimum Gasteiger partial charge on any atom is -0.478 e. The number of aromatic carboxylic acids is 1. The molecule has 0 aliphatic rings. The van der Waals surface area contributed by atoms with Crippen molar-refractivity contribution in [3.63, 3.8) is 0 Å². The van der Waals surface area contributed by atoms with Gasteiger partial charge in [0.05, 0.1) is 11.3 Å². The fourth-order valence-electron chi connectivity index (χ4n) is 2.01. The number of carbonyl (C=O) groups is 1. The van der Waals surface area contributed by atoms with Crippen LogP contribution in [0, 0.1) is 6.92 Å². The van der Waals surface area contributed by atoms with Crippen molar-refractivity contribution in [1.29, 1.82) is 0 Å². The lowest BCUT2D eigenvalue weighted by atomic mass is 10.2. The quantitative estimate of drug-likeness (QED) is 0.912. The lowest BCUT2D eigenvalue weighted by Crippen LogP contribution is -2.18. The molecule has 4 nitrogen and oxygen atoms in total. The van der Waals surface area contributed by atoms with Gasteiger partial charge in [-0.1, -0.05) is 18.2 Å². The number of carboxylic acids is 1. The van der Waals surface area contributed by atoms with Gasteiger partial charge in [-0.3, -0.25) is 0 Å². The van der Waals surface area contributed by atoms with Gasteiger partial charge in [-0.05, 0) is 38.1 Å². The number of para-hydroxylation sites is 1. The normalized spacial score (nSPS) is 10.2. The highest BCUT2D eigenvalue weighted by molar-refractivity contribution is 5.89. The van der Waals surface area contributed by atoms with Crippen molar-refractivity contribution in [3.05, 3.63) is 53.7 Å². The lowest BCUT2D eigenvalue weighted by molar-refractivity contribution is 0.0695. The van der Waals surface area contributed by atoms with Crippen LogP contribution in [-0.2, 0) is 0 Å². The number of hydrogen-bond acceptors (Lipinski definition) is 3. The minimum atomic E-state index is -0.945. The first-order chi connectivity index (χ1) is 9.13. The molecule has 0 saturated heterocycles. The van der Waals surface area contributed by atoms with Crippen LogP contribution in [0.3, 0.4) is 0 Å². The van der Waals surface area contributed by atoms with E-state index in [1.807, 2.05) is 42.2 Å². The van der Waals surface area contributed by atoms with Gasteiger partial charge in [0.25, 0.3) is 0 Å². The molecule has 0 unspecified atom stereocenters. The van der Waals surface area contributed by atoms with Crippen molar-refractivity contribution in [2.45, 2.75) is 13.8 Å². The summed E-state index contributed by atoms with van der Waals surface area (Å²) in [5, 5.41) is 9.02. The first-order valence-electron chi connectivity index (χ1n) is 6.17.